The van der Waals surface area contributed by atoms with Crippen LogP contribution in [0, 0.1) is 5.92 Å². The minimum atomic E-state index is -0.907. The van der Waals surface area contributed by atoms with Gasteiger partial charge in [-0.2, -0.15) is 0 Å². The fraction of sp³-hybridized carbons (Fsp3) is 1.00. The van der Waals surface area contributed by atoms with Gasteiger partial charge in [-0.3, -0.25) is 0 Å². The number of ether oxygens (including phenoxy) is 2. The van der Waals surface area contributed by atoms with Crippen molar-refractivity contribution in [2.45, 2.75) is 94.9 Å². The Morgan fingerprint density at radius 2 is 1.85 bits per heavy atom. The predicted octanol–water partition coefficient (Wildman–Crippen LogP) is 2.36. The van der Waals surface area contributed by atoms with Crippen LogP contribution in [0.15, 0.2) is 0 Å². The third kappa shape index (κ3) is 2.41. The Kier molecular flexibility index (Phi) is 4.37. The van der Waals surface area contributed by atoms with Crippen molar-refractivity contribution in [2.75, 3.05) is 0 Å². The van der Waals surface area contributed by atoms with Crippen molar-refractivity contribution in [1.82, 2.24) is 0 Å². The molecule has 2 bridgehead atoms. The van der Waals surface area contributed by atoms with Crippen LogP contribution in [0.4, 0.5) is 0 Å². The molecule has 1 aliphatic carbocycles. The van der Waals surface area contributed by atoms with E-state index in [1.165, 1.54) is 19.3 Å². The fourth-order valence-electron chi connectivity index (χ4n) is 4.23. The van der Waals surface area contributed by atoms with Crippen molar-refractivity contribution in [3.63, 3.8) is 0 Å². The monoisotopic (exact) mass is 284 g/mol. The summed E-state index contributed by atoms with van der Waals surface area (Å²) in [6, 6.07) is 0. The molecule has 0 aromatic heterocycles. The summed E-state index contributed by atoms with van der Waals surface area (Å²) < 4.78 is 12.3. The molecule has 1 saturated carbocycles. The zero-order valence-corrected chi connectivity index (χ0v) is 12.5. The lowest BCUT2D eigenvalue weighted by Crippen LogP contribution is -2.59. The van der Waals surface area contributed by atoms with E-state index in [-0.39, 0.29) is 18.1 Å². The van der Waals surface area contributed by atoms with Crippen molar-refractivity contribution >= 4 is 0 Å². The summed E-state index contributed by atoms with van der Waals surface area (Å²) in [5.74, 6) is -0.959. The van der Waals surface area contributed by atoms with Crippen LogP contribution in [0.2, 0.25) is 0 Å². The number of fused-ring (bicyclic) bond motifs is 1. The molecule has 20 heavy (non-hydrogen) atoms. The third-order valence-corrected chi connectivity index (χ3v) is 5.37. The smallest absolute Gasteiger partial charge is 0.200 e. The highest BCUT2D eigenvalue weighted by molar-refractivity contribution is 5.04. The van der Waals surface area contributed by atoms with Crippen LogP contribution in [0.3, 0.4) is 0 Å². The Morgan fingerprint density at radius 3 is 2.65 bits per heavy atom. The van der Waals surface area contributed by atoms with Gasteiger partial charge in [-0.15, -0.1) is 0 Å². The Bertz CT molecular complexity index is 334. The van der Waals surface area contributed by atoms with Crippen LogP contribution >= 0.6 is 0 Å². The maximum absolute atomic E-state index is 10.4. The zero-order valence-electron chi connectivity index (χ0n) is 12.5. The van der Waals surface area contributed by atoms with Crippen LogP contribution in [-0.2, 0) is 9.47 Å². The van der Waals surface area contributed by atoms with Crippen LogP contribution in [0.1, 0.15) is 64.7 Å². The molecule has 1 spiro atoms. The normalized spacial score (nSPS) is 47.2. The first-order chi connectivity index (χ1) is 9.67. The van der Waals surface area contributed by atoms with Crippen molar-refractivity contribution in [3.05, 3.63) is 0 Å². The molecule has 3 fully saturated rings. The van der Waals surface area contributed by atoms with E-state index in [4.69, 9.17) is 9.47 Å². The molecule has 3 aliphatic rings. The minimum Gasteiger partial charge on any atom is -0.393 e. The van der Waals surface area contributed by atoms with E-state index in [1.807, 2.05) is 0 Å². The zero-order chi connectivity index (χ0) is 14.2. The van der Waals surface area contributed by atoms with Gasteiger partial charge < -0.3 is 19.7 Å². The molecule has 116 valence electrons. The quantitative estimate of drug-likeness (QED) is 0.761. The second-order valence-corrected chi connectivity index (χ2v) is 6.73. The molecule has 4 nitrogen and oxygen atoms in total. The predicted molar refractivity (Wildman–Crippen MR) is 75.2 cm³/mol. The summed E-state index contributed by atoms with van der Waals surface area (Å²) in [6.07, 6.45) is 8.28. The van der Waals surface area contributed by atoms with E-state index in [1.54, 1.807) is 0 Å². The average Bonchev–Trinajstić information content (AvgIpc) is 2.73. The molecule has 2 saturated heterocycles. The van der Waals surface area contributed by atoms with Crippen LogP contribution in [-0.4, -0.2) is 40.4 Å². The lowest BCUT2D eigenvalue weighted by molar-refractivity contribution is -0.307. The van der Waals surface area contributed by atoms with Crippen LogP contribution in [0.5, 0.6) is 0 Å². The molecule has 1 unspecified atom stereocenters. The molecule has 2 aliphatic heterocycles. The summed E-state index contributed by atoms with van der Waals surface area (Å²) in [5.41, 5.74) is 0. The molecule has 0 aromatic rings. The summed E-state index contributed by atoms with van der Waals surface area (Å²) in [6.45, 7) is 2.21. The maximum atomic E-state index is 10.4. The van der Waals surface area contributed by atoms with Crippen molar-refractivity contribution in [2.24, 2.45) is 5.92 Å². The first-order valence-corrected chi connectivity index (χ1v) is 8.39. The van der Waals surface area contributed by atoms with Gasteiger partial charge in [0.05, 0.1) is 18.3 Å². The molecule has 0 amide bonds. The molecule has 0 aromatic carbocycles. The second-order valence-electron chi connectivity index (χ2n) is 6.73. The summed E-state index contributed by atoms with van der Waals surface area (Å²) in [4.78, 5) is 0. The van der Waals surface area contributed by atoms with Gasteiger partial charge in [0.15, 0.2) is 0 Å². The largest absolute Gasteiger partial charge is 0.393 e. The molecular weight excluding hydrogens is 256 g/mol. The van der Waals surface area contributed by atoms with Gasteiger partial charge in [-0.1, -0.05) is 32.6 Å². The Balaban J connectivity index is 1.65. The topological polar surface area (TPSA) is 58.9 Å². The number of aliphatic hydroxyl groups excluding tert-OH is 2. The number of hydrogen-bond acceptors (Lipinski definition) is 4. The van der Waals surface area contributed by atoms with Crippen molar-refractivity contribution < 1.29 is 19.7 Å². The minimum absolute atomic E-state index is 0.0526. The van der Waals surface area contributed by atoms with Crippen LogP contribution < -0.4 is 0 Å². The first kappa shape index (κ1) is 14.8. The number of rotatable bonds is 5. The number of unbranched alkanes of at least 4 members (excludes halogenated alkanes) is 3. The van der Waals surface area contributed by atoms with Gasteiger partial charge in [-0.05, 0) is 32.1 Å². The van der Waals surface area contributed by atoms with Gasteiger partial charge in [-0.25, -0.2) is 0 Å². The molecule has 2 N–H and O–H groups in total. The Labute approximate surface area is 121 Å². The summed E-state index contributed by atoms with van der Waals surface area (Å²) >= 11 is 0. The SMILES string of the molecule is CCCCCC[C@@H]1OC23O[C@@H]1CC[C@@H]2[C@@H](O)CC[C@H]3O. The first-order valence-electron chi connectivity index (χ1n) is 8.39. The van der Waals surface area contributed by atoms with Gasteiger partial charge in [0.25, 0.3) is 0 Å². The average molecular weight is 284 g/mol. The molecule has 2 heterocycles. The molecule has 4 heteroatoms. The molecular formula is C16H28O4. The van der Waals surface area contributed by atoms with E-state index in [9.17, 15) is 10.2 Å². The molecule has 3 rings (SSSR count). The fourth-order valence-corrected chi connectivity index (χ4v) is 4.23. The maximum Gasteiger partial charge on any atom is 0.200 e. The highest BCUT2D eigenvalue weighted by Gasteiger charge is 2.62. The second kappa shape index (κ2) is 5.91. The van der Waals surface area contributed by atoms with E-state index >= 15 is 0 Å². The highest BCUT2D eigenvalue weighted by Crippen LogP contribution is 2.51. The van der Waals surface area contributed by atoms with Gasteiger partial charge in [0.1, 0.15) is 6.10 Å². The van der Waals surface area contributed by atoms with E-state index in [2.05, 4.69) is 6.92 Å². The van der Waals surface area contributed by atoms with Gasteiger partial charge in [0, 0.05) is 5.92 Å². The van der Waals surface area contributed by atoms with Gasteiger partial charge in [0.2, 0.25) is 5.79 Å². The number of aliphatic hydroxyl groups is 2. The van der Waals surface area contributed by atoms with Crippen molar-refractivity contribution in [1.29, 1.82) is 0 Å². The highest BCUT2D eigenvalue weighted by atomic mass is 16.8. The van der Waals surface area contributed by atoms with E-state index in [0.29, 0.717) is 12.8 Å². The Hall–Kier alpha value is -0.160. The summed E-state index contributed by atoms with van der Waals surface area (Å²) in [5, 5.41) is 20.6. The lowest BCUT2D eigenvalue weighted by atomic mass is 9.75. The van der Waals surface area contributed by atoms with E-state index < -0.39 is 18.0 Å². The summed E-state index contributed by atoms with van der Waals surface area (Å²) in [7, 11) is 0. The van der Waals surface area contributed by atoms with Crippen LogP contribution in [0.25, 0.3) is 0 Å². The van der Waals surface area contributed by atoms with Crippen molar-refractivity contribution in [3.8, 4) is 0 Å². The lowest BCUT2D eigenvalue weighted by Gasteiger charge is -2.47. The van der Waals surface area contributed by atoms with E-state index in [0.717, 1.165) is 25.7 Å². The number of hydrogen-bond donors (Lipinski definition) is 2. The van der Waals surface area contributed by atoms with Gasteiger partial charge >= 0.3 is 0 Å². The molecule has 0 radical (unpaired) electrons. The molecule has 6 atom stereocenters. The standard InChI is InChI=1S/C16H28O4/c1-2-3-4-5-6-13-14-9-7-11-12(17)8-10-15(18)16(11,19-13)20-14/h11-15,17-18H,2-10H2,1H3/t11-,12+,13+,14-,15-,16?/m1/s1. The Morgan fingerprint density at radius 1 is 1.00 bits per heavy atom. The third-order valence-electron chi connectivity index (χ3n) is 5.37.